The number of hydrogen-bond acceptors (Lipinski definition) is 2. The Balaban J connectivity index is 1.41. The summed E-state index contributed by atoms with van der Waals surface area (Å²) in [5.74, 6) is 1.69. The Hall–Kier alpha value is -0.860. The van der Waals surface area contributed by atoms with Gasteiger partial charge in [-0.2, -0.15) is 0 Å². The van der Waals surface area contributed by atoms with Crippen molar-refractivity contribution in [2.75, 3.05) is 19.6 Å². The SMILES string of the molecule is c1ccc(C2CC(NCC3CCC3)CN(C3CC3)C2)cc1. The van der Waals surface area contributed by atoms with Crippen molar-refractivity contribution in [1.29, 1.82) is 0 Å². The van der Waals surface area contributed by atoms with Crippen LogP contribution in [0.2, 0.25) is 0 Å². The average molecular weight is 284 g/mol. The van der Waals surface area contributed by atoms with E-state index in [-0.39, 0.29) is 0 Å². The first kappa shape index (κ1) is 13.8. The number of nitrogens with zero attached hydrogens (tertiary/aromatic N) is 1. The minimum atomic E-state index is 0.699. The first-order valence-corrected chi connectivity index (χ1v) is 8.91. The second-order valence-corrected chi connectivity index (χ2v) is 7.43. The van der Waals surface area contributed by atoms with Crippen LogP contribution >= 0.6 is 0 Å². The molecule has 21 heavy (non-hydrogen) atoms. The highest BCUT2D eigenvalue weighted by Gasteiger charge is 2.36. The third-order valence-electron chi connectivity index (χ3n) is 5.73. The number of likely N-dealkylation sites (tertiary alicyclic amines) is 1. The molecule has 1 aromatic rings. The van der Waals surface area contributed by atoms with Crippen molar-refractivity contribution in [3.63, 3.8) is 0 Å². The quantitative estimate of drug-likeness (QED) is 0.891. The highest BCUT2D eigenvalue weighted by atomic mass is 15.2. The van der Waals surface area contributed by atoms with E-state index < -0.39 is 0 Å². The highest BCUT2D eigenvalue weighted by Crippen LogP contribution is 2.35. The zero-order valence-electron chi connectivity index (χ0n) is 13.0. The zero-order valence-corrected chi connectivity index (χ0v) is 13.0. The lowest BCUT2D eigenvalue weighted by molar-refractivity contribution is 0.155. The third-order valence-corrected chi connectivity index (χ3v) is 5.73. The van der Waals surface area contributed by atoms with Gasteiger partial charge in [0.25, 0.3) is 0 Å². The number of benzene rings is 1. The summed E-state index contributed by atoms with van der Waals surface area (Å²) in [5.41, 5.74) is 1.54. The van der Waals surface area contributed by atoms with Gasteiger partial charge in [0.2, 0.25) is 0 Å². The van der Waals surface area contributed by atoms with Crippen LogP contribution in [-0.2, 0) is 0 Å². The van der Waals surface area contributed by atoms with Crippen LogP contribution < -0.4 is 5.32 Å². The topological polar surface area (TPSA) is 15.3 Å². The lowest BCUT2D eigenvalue weighted by Crippen LogP contribution is -2.50. The molecule has 0 spiro atoms. The summed E-state index contributed by atoms with van der Waals surface area (Å²) in [5, 5.41) is 3.89. The first-order chi connectivity index (χ1) is 10.4. The van der Waals surface area contributed by atoms with E-state index in [4.69, 9.17) is 0 Å². The molecule has 2 atom stereocenters. The standard InChI is InChI=1S/C19H28N2/c1-2-7-16(8-3-1)17-11-18(20-12-15-5-4-6-15)14-21(13-17)19-9-10-19/h1-3,7-8,15,17-20H,4-6,9-14H2. The Morgan fingerprint density at radius 3 is 2.48 bits per heavy atom. The lowest BCUT2D eigenvalue weighted by atomic mass is 9.84. The number of hydrogen-bond donors (Lipinski definition) is 1. The minimum absolute atomic E-state index is 0.699. The maximum atomic E-state index is 3.89. The molecule has 2 nitrogen and oxygen atoms in total. The molecule has 1 heterocycles. The molecule has 1 saturated heterocycles. The highest BCUT2D eigenvalue weighted by molar-refractivity contribution is 5.21. The van der Waals surface area contributed by atoms with Gasteiger partial charge in [0, 0.05) is 25.2 Å². The fraction of sp³-hybridized carbons (Fsp3) is 0.684. The second-order valence-electron chi connectivity index (χ2n) is 7.43. The van der Waals surface area contributed by atoms with Gasteiger partial charge in [0.05, 0.1) is 0 Å². The molecule has 114 valence electrons. The van der Waals surface area contributed by atoms with Gasteiger partial charge < -0.3 is 5.32 Å². The maximum absolute atomic E-state index is 3.89. The van der Waals surface area contributed by atoms with Crippen LogP contribution in [0.4, 0.5) is 0 Å². The second kappa shape index (κ2) is 6.10. The van der Waals surface area contributed by atoms with Gasteiger partial charge in [-0.25, -0.2) is 0 Å². The van der Waals surface area contributed by atoms with E-state index in [1.54, 1.807) is 5.56 Å². The van der Waals surface area contributed by atoms with Crippen molar-refractivity contribution in [2.45, 2.75) is 56.5 Å². The molecule has 2 unspecified atom stereocenters. The Labute approximate surface area is 128 Å². The molecule has 0 aromatic heterocycles. The summed E-state index contributed by atoms with van der Waals surface area (Å²) in [6.45, 7) is 3.81. The summed E-state index contributed by atoms with van der Waals surface area (Å²) >= 11 is 0. The van der Waals surface area contributed by atoms with Gasteiger partial charge in [0.15, 0.2) is 0 Å². The average Bonchev–Trinajstić information content (AvgIpc) is 3.31. The molecule has 1 N–H and O–H groups in total. The maximum Gasteiger partial charge on any atom is 0.0201 e. The predicted molar refractivity (Wildman–Crippen MR) is 87.5 cm³/mol. The Bertz CT molecular complexity index is 450. The summed E-state index contributed by atoms with van der Waals surface area (Å²) in [6.07, 6.45) is 8.54. The van der Waals surface area contributed by atoms with Gasteiger partial charge in [-0.15, -0.1) is 0 Å². The van der Waals surface area contributed by atoms with Gasteiger partial charge in [0.1, 0.15) is 0 Å². The van der Waals surface area contributed by atoms with E-state index in [9.17, 15) is 0 Å². The van der Waals surface area contributed by atoms with E-state index in [1.807, 2.05) is 0 Å². The minimum Gasteiger partial charge on any atom is -0.312 e. The normalized spacial score (nSPS) is 31.0. The molecule has 4 rings (SSSR count). The van der Waals surface area contributed by atoms with E-state index in [1.165, 1.54) is 58.2 Å². The molecule has 3 fully saturated rings. The van der Waals surface area contributed by atoms with Crippen LogP contribution in [-0.4, -0.2) is 36.6 Å². The zero-order chi connectivity index (χ0) is 14.1. The van der Waals surface area contributed by atoms with E-state index >= 15 is 0 Å². The molecule has 0 amide bonds. The van der Waals surface area contributed by atoms with Crippen molar-refractivity contribution in [2.24, 2.45) is 5.92 Å². The molecular formula is C19H28N2. The lowest BCUT2D eigenvalue weighted by Gasteiger charge is -2.40. The molecule has 2 aliphatic carbocycles. The van der Waals surface area contributed by atoms with Crippen molar-refractivity contribution in [3.05, 3.63) is 35.9 Å². The third kappa shape index (κ3) is 3.32. The predicted octanol–water partition coefficient (Wildman–Crippen LogP) is 3.40. The smallest absolute Gasteiger partial charge is 0.0201 e. The fourth-order valence-corrected chi connectivity index (χ4v) is 4.02. The van der Waals surface area contributed by atoms with Crippen molar-refractivity contribution in [1.82, 2.24) is 10.2 Å². The van der Waals surface area contributed by atoms with Crippen molar-refractivity contribution < 1.29 is 0 Å². The van der Waals surface area contributed by atoms with Crippen LogP contribution in [0.1, 0.15) is 50.0 Å². The Kier molecular flexibility index (Phi) is 4.00. The molecule has 2 heteroatoms. The number of piperidine rings is 1. The van der Waals surface area contributed by atoms with Crippen LogP contribution in [0, 0.1) is 5.92 Å². The molecule has 2 saturated carbocycles. The Morgan fingerprint density at radius 1 is 1.00 bits per heavy atom. The molecular weight excluding hydrogens is 256 g/mol. The van der Waals surface area contributed by atoms with Gasteiger partial charge in [-0.1, -0.05) is 36.8 Å². The summed E-state index contributed by atoms with van der Waals surface area (Å²) in [7, 11) is 0. The number of nitrogens with one attached hydrogen (secondary N) is 1. The van der Waals surface area contributed by atoms with E-state index in [0.29, 0.717) is 6.04 Å². The Morgan fingerprint density at radius 2 is 1.81 bits per heavy atom. The molecule has 1 aromatic carbocycles. The molecule has 3 aliphatic rings. The van der Waals surface area contributed by atoms with Gasteiger partial charge in [-0.3, -0.25) is 4.90 Å². The molecule has 1 aliphatic heterocycles. The van der Waals surface area contributed by atoms with Crippen LogP contribution in [0.3, 0.4) is 0 Å². The summed E-state index contributed by atoms with van der Waals surface area (Å²) < 4.78 is 0. The fourth-order valence-electron chi connectivity index (χ4n) is 4.02. The van der Waals surface area contributed by atoms with Crippen molar-refractivity contribution >= 4 is 0 Å². The van der Waals surface area contributed by atoms with Crippen LogP contribution in [0.25, 0.3) is 0 Å². The van der Waals surface area contributed by atoms with Crippen molar-refractivity contribution in [3.8, 4) is 0 Å². The molecule has 0 bridgehead atoms. The summed E-state index contributed by atoms with van der Waals surface area (Å²) in [6, 6.07) is 12.8. The molecule has 0 radical (unpaired) electrons. The first-order valence-electron chi connectivity index (χ1n) is 8.91. The van der Waals surface area contributed by atoms with Gasteiger partial charge in [-0.05, 0) is 56.0 Å². The monoisotopic (exact) mass is 284 g/mol. The van der Waals surface area contributed by atoms with Gasteiger partial charge >= 0.3 is 0 Å². The van der Waals surface area contributed by atoms with Crippen LogP contribution in [0.5, 0.6) is 0 Å². The largest absolute Gasteiger partial charge is 0.312 e. The number of rotatable bonds is 5. The van der Waals surface area contributed by atoms with Crippen LogP contribution in [0.15, 0.2) is 30.3 Å². The van der Waals surface area contributed by atoms with E-state index in [0.717, 1.165) is 17.9 Å². The summed E-state index contributed by atoms with van der Waals surface area (Å²) in [4.78, 5) is 2.76. The van der Waals surface area contributed by atoms with E-state index in [2.05, 4.69) is 40.5 Å².